The first kappa shape index (κ1) is 15.7. The third-order valence-corrected chi connectivity index (χ3v) is 4.42. The molecule has 3 heteroatoms. The summed E-state index contributed by atoms with van der Waals surface area (Å²) < 4.78 is 0. The van der Waals surface area contributed by atoms with Crippen LogP contribution in [0.5, 0.6) is 0 Å². The summed E-state index contributed by atoms with van der Waals surface area (Å²) in [5.41, 5.74) is 1.82. The number of nitrogens with zero attached hydrogens (tertiary/aromatic N) is 1. The van der Waals surface area contributed by atoms with Crippen molar-refractivity contribution in [2.45, 2.75) is 18.4 Å². The molecule has 1 aromatic heterocycles. The Morgan fingerprint density at radius 2 is 1.43 bits per heavy atom. The molecule has 116 valence electrons. The molecule has 3 rings (SSSR count). The van der Waals surface area contributed by atoms with Crippen LogP contribution in [-0.4, -0.2) is 10.1 Å². The van der Waals surface area contributed by atoms with Crippen molar-refractivity contribution in [2.75, 3.05) is 0 Å². The van der Waals surface area contributed by atoms with Gasteiger partial charge in [-0.15, -0.1) is 0 Å². The molecule has 0 saturated heterocycles. The number of halogens is 1. The van der Waals surface area contributed by atoms with Gasteiger partial charge in [-0.1, -0.05) is 54.1 Å². The molecule has 3 aromatic rings. The molecule has 1 N–H and O–H groups in total. The zero-order valence-electron chi connectivity index (χ0n) is 12.9. The number of aromatic nitrogens is 1. The van der Waals surface area contributed by atoms with Gasteiger partial charge in [0, 0.05) is 23.3 Å². The maximum Gasteiger partial charge on any atom is 0.0977 e. The van der Waals surface area contributed by atoms with E-state index in [2.05, 4.69) is 4.98 Å². The third kappa shape index (κ3) is 3.29. The van der Waals surface area contributed by atoms with E-state index >= 15 is 0 Å². The van der Waals surface area contributed by atoms with Gasteiger partial charge in [-0.05, 0) is 47.9 Å². The Morgan fingerprint density at radius 1 is 0.870 bits per heavy atom. The summed E-state index contributed by atoms with van der Waals surface area (Å²) >= 11 is 5.99. The van der Waals surface area contributed by atoms with Gasteiger partial charge in [0.1, 0.15) is 0 Å². The van der Waals surface area contributed by atoms with Crippen LogP contribution < -0.4 is 0 Å². The highest BCUT2D eigenvalue weighted by Crippen LogP contribution is 2.41. The molecule has 2 atom stereocenters. The lowest BCUT2D eigenvalue weighted by Gasteiger charge is -2.34. The molecule has 2 aromatic carbocycles. The lowest BCUT2D eigenvalue weighted by atomic mass is 9.75. The van der Waals surface area contributed by atoms with Gasteiger partial charge in [-0.25, -0.2) is 0 Å². The minimum atomic E-state index is -1.08. The van der Waals surface area contributed by atoms with Gasteiger partial charge in [0.2, 0.25) is 0 Å². The van der Waals surface area contributed by atoms with Crippen molar-refractivity contribution in [1.82, 2.24) is 4.98 Å². The van der Waals surface area contributed by atoms with E-state index in [1.54, 1.807) is 24.5 Å². The molecule has 0 aliphatic rings. The predicted octanol–water partition coefficient (Wildman–Crippen LogP) is 4.77. The van der Waals surface area contributed by atoms with E-state index in [9.17, 15) is 5.11 Å². The Bertz CT molecular complexity index is 715. The number of pyridine rings is 1. The quantitative estimate of drug-likeness (QED) is 0.750. The molecule has 0 saturated carbocycles. The minimum Gasteiger partial charge on any atom is -0.384 e. The molecule has 23 heavy (non-hydrogen) atoms. The fourth-order valence-electron chi connectivity index (χ4n) is 3.00. The van der Waals surface area contributed by atoms with Crippen LogP contribution in [0.25, 0.3) is 0 Å². The third-order valence-electron chi connectivity index (χ3n) is 4.16. The Labute approximate surface area is 141 Å². The van der Waals surface area contributed by atoms with Crippen LogP contribution in [0.1, 0.15) is 29.5 Å². The van der Waals surface area contributed by atoms with E-state index in [1.165, 1.54) is 0 Å². The molecule has 0 unspecified atom stereocenters. The van der Waals surface area contributed by atoms with E-state index in [0.29, 0.717) is 5.02 Å². The van der Waals surface area contributed by atoms with Crippen LogP contribution >= 0.6 is 11.6 Å². The van der Waals surface area contributed by atoms with Crippen LogP contribution in [0.15, 0.2) is 79.1 Å². The summed E-state index contributed by atoms with van der Waals surface area (Å²) in [6.07, 6.45) is 3.51. The first-order valence-corrected chi connectivity index (χ1v) is 7.90. The first-order chi connectivity index (χ1) is 11.1. The van der Waals surface area contributed by atoms with Crippen LogP contribution in [0.2, 0.25) is 5.02 Å². The minimum absolute atomic E-state index is 0.201. The van der Waals surface area contributed by atoms with Gasteiger partial charge in [0.15, 0.2) is 0 Å². The average Bonchev–Trinajstić information content (AvgIpc) is 2.57. The highest BCUT2D eigenvalue weighted by Gasteiger charge is 2.36. The topological polar surface area (TPSA) is 33.1 Å². The van der Waals surface area contributed by atoms with Gasteiger partial charge in [-0.2, -0.15) is 0 Å². The van der Waals surface area contributed by atoms with Crippen LogP contribution in [0, 0.1) is 0 Å². The molecule has 0 spiro atoms. The van der Waals surface area contributed by atoms with E-state index < -0.39 is 5.60 Å². The van der Waals surface area contributed by atoms with E-state index in [0.717, 1.165) is 16.7 Å². The van der Waals surface area contributed by atoms with Crippen LogP contribution in [-0.2, 0) is 5.60 Å². The largest absolute Gasteiger partial charge is 0.384 e. The maximum atomic E-state index is 11.4. The van der Waals surface area contributed by atoms with Gasteiger partial charge in [-0.3, -0.25) is 4.98 Å². The van der Waals surface area contributed by atoms with Crippen LogP contribution in [0.3, 0.4) is 0 Å². The average molecular weight is 324 g/mol. The summed E-state index contributed by atoms with van der Waals surface area (Å²) in [5.74, 6) is -0.201. The highest BCUT2D eigenvalue weighted by molar-refractivity contribution is 6.30. The van der Waals surface area contributed by atoms with Gasteiger partial charge in [0.25, 0.3) is 0 Å². The molecule has 0 radical (unpaired) electrons. The maximum absolute atomic E-state index is 11.4. The monoisotopic (exact) mass is 323 g/mol. The zero-order valence-corrected chi connectivity index (χ0v) is 13.6. The molecule has 1 heterocycles. The molecular formula is C20H18ClNO. The van der Waals surface area contributed by atoms with Crippen molar-refractivity contribution in [1.29, 1.82) is 0 Å². The Kier molecular flexibility index (Phi) is 4.46. The lowest BCUT2D eigenvalue weighted by Crippen LogP contribution is -2.31. The van der Waals surface area contributed by atoms with Gasteiger partial charge in [0.05, 0.1) is 5.60 Å². The van der Waals surface area contributed by atoms with Crippen molar-refractivity contribution in [3.05, 3.63) is 101 Å². The zero-order chi connectivity index (χ0) is 16.3. The smallest absolute Gasteiger partial charge is 0.0977 e. The number of rotatable bonds is 4. The van der Waals surface area contributed by atoms with E-state index in [-0.39, 0.29) is 5.92 Å². The number of hydrogen-bond acceptors (Lipinski definition) is 2. The lowest BCUT2D eigenvalue weighted by molar-refractivity contribution is 0.0393. The summed E-state index contributed by atoms with van der Waals surface area (Å²) in [4.78, 5) is 4.09. The van der Waals surface area contributed by atoms with E-state index in [4.69, 9.17) is 11.6 Å². The molecular weight excluding hydrogens is 306 g/mol. The molecule has 2 nitrogen and oxygen atoms in total. The van der Waals surface area contributed by atoms with Crippen molar-refractivity contribution >= 4 is 11.6 Å². The van der Waals surface area contributed by atoms with Gasteiger partial charge < -0.3 is 5.11 Å². The van der Waals surface area contributed by atoms with Crippen molar-refractivity contribution in [2.24, 2.45) is 0 Å². The van der Waals surface area contributed by atoms with Crippen molar-refractivity contribution in [3.8, 4) is 0 Å². The Balaban J connectivity index is 2.13. The van der Waals surface area contributed by atoms with Gasteiger partial charge >= 0.3 is 0 Å². The second-order valence-electron chi connectivity index (χ2n) is 5.78. The SMILES string of the molecule is C[C@](O)(c1ccc(Cl)cc1)[C@@H](c1ccccc1)c1ccncc1. The first-order valence-electron chi connectivity index (χ1n) is 7.52. The number of aliphatic hydroxyl groups is 1. The molecule has 0 aliphatic carbocycles. The fourth-order valence-corrected chi connectivity index (χ4v) is 3.12. The normalized spacial score (nSPS) is 14.9. The second-order valence-corrected chi connectivity index (χ2v) is 6.22. The predicted molar refractivity (Wildman–Crippen MR) is 93.5 cm³/mol. The highest BCUT2D eigenvalue weighted by atomic mass is 35.5. The fraction of sp³-hybridized carbons (Fsp3) is 0.150. The van der Waals surface area contributed by atoms with Crippen molar-refractivity contribution in [3.63, 3.8) is 0 Å². The summed E-state index contributed by atoms with van der Waals surface area (Å²) in [6, 6.07) is 21.3. The number of hydrogen-bond donors (Lipinski definition) is 1. The molecule has 0 amide bonds. The summed E-state index contributed by atoms with van der Waals surface area (Å²) in [6.45, 7) is 1.84. The Hall–Kier alpha value is -2.16. The Morgan fingerprint density at radius 3 is 2.04 bits per heavy atom. The number of benzene rings is 2. The molecule has 0 aliphatic heterocycles. The van der Waals surface area contributed by atoms with Crippen LogP contribution in [0.4, 0.5) is 0 Å². The summed E-state index contributed by atoms with van der Waals surface area (Å²) in [7, 11) is 0. The van der Waals surface area contributed by atoms with E-state index in [1.807, 2.05) is 61.5 Å². The standard InChI is InChI=1S/C20H18ClNO/c1-20(23,17-7-9-18(21)10-8-17)19(15-5-3-2-4-6-15)16-11-13-22-14-12-16/h2-14,19,23H,1H3/t19-,20-/m0/s1. The molecule has 0 fully saturated rings. The second kappa shape index (κ2) is 6.53. The summed E-state index contributed by atoms with van der Waals surface area (Å²) in [5, 5.41) is 12.0. The van der Waals surface area contributed by atoms with Crippen molar-refractivity contribution < 1.29 is 5.11 Å². The molecule has 0 bridgehead atoms.